The van der Waals surface area contributed by atoms with Crippen LogP contribution in [0.5, 0.6) is 0 Å². The van der Waals surface area contributed by atoms with Crippen molar-refractivity contribution >= 4 is 22.7 Å². The molecule has 0 bridgehead atoms. The molecule has 1 aliphatic carbocycles. The van der Waals surface area contributed by atoms with Gasteiger partial charge in [-0.3, -0.25) is 0 Å². The van der Waals surface area contributed by atoms with E-state index in [1.54, 1.807) is 0 Å². The monoisotopic (exact) mass is 326 g/mol. The molecule has 0 amide bonds. The minimum atomic E-state index is 0.345. The predicted molar refractivity (Wildman–Crippen MR) is 103 cm³/mol. The standard InChI is InChI=1S/C20H30N4/c1-14(2)15(3)22-20-23-18-12-8-7-11-17(18)19(24-20)21-13-16-9-5-4-6-10-16/h7-8,11-12,14-16H,4-6,9-10,13H2,1-3H3,(H2,21,22,23,24). The molecule has 4 heteroatoms. The number of hydrogen-bond donors (Lipinski definition) is 2. The number of rotatable bonds is 6. The van der Waals surface area contributed by atoms with Gasteiger partial charge in [-0.25, -0.2) is 4.98 Å². The zero-order valence-electron chi connectivity index (χ0n) is 15.2. The fourth-order valence-corrected chi connectivity index (χ4v) is 3.28. The zero-order chi connectivity index (χ0) is 16.9. The van der Waals surface area contributed by atoms with E-state index >= 15 is 0 Å². The summed E-state index contributed by atoms with van der Waals surface area (Å²) >= 11 is 0. The summed E-state index contributed by atoms with van der Waals surface area (Å²) in [6.07, 6.45) is 6.82. The van der Waals surface area contributed by atoms with E-state index in [0.29, 0.717) is 12.0 Å². The molecule has 1 aromatic carbocycles. The van der Waals surface area contributed by atoms with Crippen molar-refractivity contribution in [1.29, 1.82) is 0 Å². The normalized spacial score (nSPS) is 17.2. The first kappa shape index (κ1) is 17.0. The highest BCUT2D eigenvalue weighted by molar-refractivity contribution is 5.90. The van der Waals surface area contributed by atoms with Gasteiger partial charge in [0.25, 0.3) is 0 Å². The third-order valence-electron chi connectivity index (χ3n) is 5.24. The summed E-state index contributed by atoms with van der Waals surface area (Å²) in [5.41, 5.74) is 0.997. The molecule has 1 aliphatic rings. The quantitative estimate of drug-likeness (QED) is 0.777. The Labute approximate surface area is 145 Å². The second-order valence-corrected chi connectivity index (χ2v) is 7.47. The summed E-state index contributed by atoms with van der Waals surface area (Å²) < 4.78 is 0. The lowest BCUT2D eigenvalue weighted by Gasteiger charge is -2.23. The van der Waals surface area contributed by atoms with E-state index in [1.165, 1.54) is 32.1 Å². The lowest BCUT2D eigenvalue weighted by atomic mass is 9.89. The zero-order valence-corrected chi connectivity index (χ0v) is 15.2. The van der Waals surface area contributed by atoms with Gasteiger partial charge in [0.15, 0.2) is 0 Å². The van der Waals surface area contributed by atoms with Crippen molar-refractivity contribution in [3.63, 3.8) is 0 Å². The van der Waals surface area contributed by atoms with Crippen molar-refractivity contribution in [2.45, 2.75) is 58.9 Å². The van der Waals surface area contributed by atoms with Gasteiger partial charge in [-0.2, -0.15) is 4.98 Å². The molecule has 1 unspecified atom stereocenters. The Hall–Kier alpha value is -1.84. The van der Waals surface area contributed by atoms with Crippen LogP contribution in [-0.2, 0) is 0 Å². The first-order chi connectivity index (χ1) is 11.6. The molecule has 0 spiro atoms. The minimum Gasteiger partial charge on any atom is -0.369 e. The van der Waals surface area contributed by atoms with E-state index < -0.39 is 0 Å². The maximum Gasteiger partial charge on any atom is 0.225 e. The fourth-order valence-electron chi connectivity index (χ4n) is 3.28. The first-order valence-corrected chi connectivity index (χ1v) is 9.40. The van der Waals surface area contributed by atoms with Crippen LogP contribution in [0.4, 0.5) is 11.8 Å². The van der Waals surface area contributed by atoms with Gasteiger partial charge in [-0.1, -0.05) is 45.2 Å². The van der Waals surface area contributed by atoms with Crippen LogP contribution in [0.2, 0.25) is 0 Å². The Morgan fingerprint density at radius 1 is 1.04 bits per heavy atom. The molecular weight excluding hydrogens is 296 g/mol. The lowest BCUT2D eigenvalue weighted by molar-refractivity contribution is 0.373. The topological polar surface area (TPSA) is 49.8 Å². The van der Waals surface area contributed by atoms with Crippen LogP contribution in [0.3, 0.4) is 0 Å². The van der Waals surface area contributed by atoms with Crippen molar-refractivity contribution in [3.05, 3.63) is 24.3 Å². The molecule has 0 saturated heterocycles. The summed E-state index contributed by atoms with van der Waals surface area (Å²) in [5.74, 6) is 3.00. The maximum atomic E-state index is 4.77. The third kappa shape index (κ3) is 4.16. The van der Waals surface area contributed by atoms with Crippen LogP contribution in [0.15, 0.2) is 24.3 Å². The number of hydrogen-bond acceptors (Lipinski definition) is 4. The smallest absolute Gasteiger partial charge is 0.225 e. The molecule has 3 rings (SSSR count). The summed E-state index contributed by atoms with van der Waals surface area (Å²) in [6, 6.07) is 8.61. The second kappa shape index (κ2) is 7.82. The van der Waals surface area contributed by atoms with Gasteiger partial charge in [0.05, 0.1) is 5.52 Å². The molecule has 1 heterocycles. The van der Waals surface area contributed by atoms with Crippen molar-refractivity contribution in [2.75, 3.05) is 17.2 Å². The molecule has 0 radical (unpaired) electrons. The molecule has 2 aromatic rings. The number of benzene rings is 1. The van der Waals surface area contributed by atoms with Crippen molar-refractivity contribution in [3.8, 4) is 0 Å². The average molecular weight is 326 g/mol. The molecule has 4 nitrogen and oxygen atoms in total. The largest absolute Gasteiger partial charge is 0.369 e. The Balaban J connectivity index is 1.81. The molecule has 1 aromatic heterocycles. The SMILES string of the molecule is CC(C)C(C)Nc1nc(NCC2CCCCC2)c2ccccc2n1. The fraction of sp³-hybridized carbons (Fsp3) is 0.600. The molecule has 130 valence electrons. The van der Waals surface area contributed by atoms with Gasteiger partial charge >= 0.3 is 0 Å². The molecule has 1 saturated carbocycles. The number of nitrogens with zero attached hydrogens (tertiary/aromatic N) is 2. The van der Waals surface area contributed by atoms with Gasteiger partial charge in [-0.15, -0.1) is 0 Å². The van der Waals surface area contributed by atoms with E-state index in [-0.39, 0.29) is 0 Å². The Bertz CT molecular complexity index is 662. The van der Waals surface area contributed by atoms with Crippen LogP contribution in [-0.4, -0.2) is 22.6 Å². The highest BCUT2D eigenvalue weighted by Gasteiger charge is 2.15. The molecule has 1 atom stereocenters. The van der Waals surface area contributed by atoms with Crippen LogP contribution in [0, 0.1) is 11.8 Å². The van der Waals surface area contributed by atoms with Gasteiger partial charge in [0, 0.05) is 18.0 Å². The van der Waals surface area contributed by atoms with Gasteiger partial charge in [0.2, 0.25) is 5.95 Å². The Morgan fingerprint density at radius 2 is 1.79 bits per heavy atom. The number of nitrogens with one attached hydrogen (secondary N) is 2. The van der Waals surface area contributed by atoms with Gasteiger partial charge in [-0.05, 0) is 43.7 Å². The van der Waals surface area contributed by atoms with Crippen molar-refractivity contribution in [2.24, 2.45) is 11.8 Å². The summed E-state index contributed by atoms with van der Waals surface area (Å²) in [7, 11) is 0. The summed E-state index contributed by atoms with van der Waals surface area (Å²) in [5, 5.41) is 8.17. The van der Waals surface area contributed by atoms with Gasteiger partial charge in [0.1, 0.15) is 5.82 Å². The molecule has 0 aliphatic heterocycles. The minimum absolute atomic E-state index is 0.345. The molecule has 1 fully saturated rings. The van der Waals surface area contributed by atoms with Crippen LogP contribution in [0.1, 0.15) is 52.9 Å². The summed E-state index contributed by atoms with van der Waals surface area (Å²) in [4.78, 5) is 9.47. The highest BCUT2D eigenvalue weighted by Crippen LogP contribution is 2.26. The van der Waals surface area contributed by atoms with Crippen LogP contribution >= 0.6 is 0 Å². The maximum absolute atomic E-state index is 4.77. The molecule has 2 N–H and O–H groups in total. The molecular formula is C20H30N4. The second-order valence-electron chi connectivity index (χ2n) is 7.47. The summed E-state index contributed by atoms with van der Waals surface area (Å²) in [6.45, 7) is 7.61. The van der Waals surface area contributed by atoms with E-state index in [4.69, 9.17) is 9.97 Å². The van der Waals surface area contributed by atoms with Crippen molar-refractivity contribution < 1.29 is 0 Å². The Kier molecular flexibility index (Phi) is 5.54. The number of anilines is 2. The van der Waals surface area contributed by atoms with E-state index in [2.05, 4.69) is 49.6 Å². The highest BCUT2D eigenvalue weighted by atomic mass is 15.2. The molecule has 24 heavy (non-hydrogen) atoms. The van der Waals surface area contributed by atoms with E-state index in [0.717, 1.165) is 35.1 Å². The number of fused-ring (bicyclic) bond motifs is 1. The predicted octanol–water partition coefficient (Wildman–Crippen LogP) is 5.08. The first-order valence-electron chi connectivity index (χ1n) is 9.40. The lowest BCUT2D eigenvalue weighted by Crippen LogP contribution is -2.23. The third-order valence-corrected chi connectivity index (χ3v) is 5.24. The van der Waals surface area contributed by atoms with Crippen molar-refractivity contribution in [1.82, 2.24) is 9.97 Å². The van der Waals surface area contributed by atoms with Crippen LogP contribution < -0.4 is 10.6 Å². The van der Waals surface area contributed by atoms with E-state index in [1.807, 2.05) is 6.07 Å². The van der Waals surface area contributed by atoms with Crippen LogP contribution in [0.25, 0.3) is 10.9 Å². The van der Waals surface area contributed by atoms with E-state index in [9.17, 15) is 0 Å². The average Bonchev–Trinajstić information content (AvgIpc) is 2.60. The number of aromatic nitrogens is 2. The number of para-hydroxylation sites is 1. The van der Waals surface area contributed by atoms with Gasteiger partial charge < -0.3 is 10.6 Å². The Morgan fingerprint density at radius 3 is 2.54 bits per heavy atom.